The van der Waals surface area contributed by atoms with Crippen molar-refractivity contribution in [2.75, 3.05) is 5.84 Å². The van der Waals surface area contributed by atoms with Gasteiger partial charge in [0.25, 0.3) is 0 Å². The van der Waals surface area contributed by atoms with Crippen LogP contribution in [0, 0.1) is 6.92 Å². The third-order valence-corrected chi connectivity index (χ3v) is 5.67. The van der Waals surface area contributed by atoms with Crippen molar-refractivity contribution in [1.29, 1.82) is 0 Å². The molecule has 0 fully saturated rings. The molecule has 0 aliphatic rings. The molecule has 0 saturated heterocycles. The Morgan fingerprint density at radius 2 is 1.68 bits per heavy atom. The smallest absolute Gasteiger partial charge is 0.0718 e. The van der Waals surface area contributed by atoms with Gasteiger partial charge in [0.1, 0.15) is 0 Å². The molecule has 0 amide bonds. The Morgan fingerprint density at radius 1 is 0.864 bits per heavy atom. The quantitative estimate of drug-likeness (QED) is 0.392. The van der Waals surface area contributed by atoms with Gasteiger partial charge in [-0.25, -0.2) is 0 Å². The van der Waals surface area contributed by atoms with Gasteiger partial charge in [-0.15, -0.1) is 11.3 Å². The second-order valence-electron chi connectivity index (χ2n) is 5.83. The predicted octanol–water partition coefficient (Wildman–Crippen LogP) is 5.18. The van der Waals surface area contributed by atoms with Crippen molar-refractivity contribution in [2.45, 2.75) is 6.92 Å². The maximum atomic E-state index is 6.35. The number of aryl methyl sites for hydroxylation is 1. The maximum Gasteiger partial charge on any atom is 0.0718 e. The number of nitrogens with zero attached hydrogens (tertiary/aromatic N) is 1. The topological polar surface area (TPSA) is 30.9 Å². The van der Waals surface area contributed by atoms with E-state index in [1.54, 1.807) is 0 Å². The molecule has 2 nitrogen and oxygen atoms in total. The standard InChI is InChI=1S/C19H14N2S/c1-11-6-7-14-16(10-11)21(20)15-9-8-13-12-4-2-3-5-17(12)22-19(13)18(14)15/h2-10H,20H2,1H3. The van der Waals surface area contributed by atoms with Gasteiger partial charge in [0, 0.05) is 30.9 Å². The molecule has 0 unspecified atom stereocenters. The highest BCUT2D eigenvalue weighted by Crippen LogP contribution is 2.41. The van der Waals surface area contributed by atoms with Crippen molar-refractivity contribution in [3.63, 3.8) is 0 Å². The monoisotopic (exact) mass is 302 g/mol. The first-order chi connectivity index (χ1) is 10.7. The largest absolute Gasteiger partial charge is 0.339 e. The van der Waals surface area contributed by atoms with E-state index in [4.69, 9.17) is 5.84 Å². The highest BCUT2D eigenvalue weighted by molar-refractivity contribution is 7.26. The van der Waals surface area contributed by atoms with E-state index in [1.807, 2.05) is 16.0 Å². The van der Waals surface area contributed by atoms with Crippen LogP contribution in [-0.2, 0) is 0 Å². The summed E-state index contributed by atoms with van der Waals surface area (Å²) in [6, 6.07) is 19.5. The van der Waals surface area contributed by atoms with Crippen molar-refractivity contribution in [3.8, 4) is 0 Å². The van der Waals surface area contributed by atoms with Gasteiger partial charge >= 0.3 is 0 Å². The minimum atomic E-state index is 1.10. The van der Waals surface area contributed by atoms with Gasteiger partial charge in [0.15, 0.2) is 0 Å². The van der Waals surface area contributed by atoms with Crippen LogP contribution < -0.4 is 5.84 Å². The maximum absolute atomic E-state index is 6.35. The molecule has 106 valence electrons. The molecule has 0 aliphatic carbocycles. The number of hydrogen-bond donors (Lipinski definition) is 1. The molecule has 0 spiro atoms. The number of thiophene rings is 1. The SMILES string of the molecule is Cc1ccc2c3c4sc5ccccc5c4ccc3n(N)c2c1. The molecule has 0 radical (unpaired) electrons. The zero-order chi connectivity index (χ0) is 14.8. The number of nitrogen functional groups attached to an aromatic ring is 1. The Hall–Kier alpha value is -2.52. The summed E-state index contributed by atoms with van der Waals surface area (Å²) < 4.78 is 4.48. The number of aromatic nitrogens is 1. The van der Waals surface area contributed by atoms with E-state index in [9.17, 15) is 0 Å². The van der Waals surface area contributed by atoms with E-state index < -0.39 is 0 Å². The Balaban J connectivity index is 2.12. The highest BCUT2D eigenvalue weighted by atomic mass is 32.1. The minimum absolute atomic E-state index is 1.10. The summed E-state index contributed by atoms with van der Waals surface area (Å²) in [7, 11) is 0. The third-order valence-electron chi connectivity index (χ3n) is 4.47. The van der Waals surface area contributed by atoms with Crippen molar-refractivity contribution in [2.24, 2.45) is 0 Å². The molecule has 0 saturated carbocycles. The van der Waals surface area contributed by atoms with Crippen LogP contribution in [0.25, 0.3) is 42.0 Å². The first kappa shape index (κ1) is 12.1. The number of hydrogen-bond acceptors (Lipinski definition) is 2. The molecule has 2 heterocycles. The second-order valence-corrected chi connectivity index (χ2v) is 6.88. The fourth-order valence-corrected chi connectivity index (χ4v) is 4.68. The van der Waals surface area contributed by atoms with Crippen molar-refractivity contribution < 1.29 is 0 Å². The lowest BCUT2D eigenvalue weighted by Crippen LogP contribution is -2.06. The van der Waals surface area contributed by atoms with Crippen LogP contribution >= 0.6 is 11.3 Å². The van der Waals surface area contributed by atoms with E-state index in [-0.39, 0.29) is 0 Å². The van der Waals surface area contributed by atoms with E-state index in [1.165, 1.54) is 36.5 Å². The van der Waals surface area contributed by atoms with Gasteiger partial charge in [-0.1, -0.05) is 36.4 Å². The van der Waals surface area contributed by atoms with Crippen LogP contribution in [0.1, 0.15) is 5.56 Å². The van der Waals surface area contributed by atoms with Crippen LogP contribution in [0.5, 0.6) is 0 Å². The zero-order valence-electron chi connectivity index (χ0n) is 12.1. The zero-order valence-corrected chi connectivity index (χ0v) is 12.9. The van der Waals surface area contributed by atoms with E-state index in [2.05, 4.69) is 61.5 Å². The molecule has 3 aromatic carbocycles. The van der Waals surface area contributed by atoms with Gasteiger partial charge in [-0.05, 0) is 30.7 Å². The van der Waals surface area contributed by atoms with E-state index in [0.717, 1.165) is 11.0 Å². The fourth-order valence-electron chi connectivity index (χ4n) is 3.42. The molecule has 2 N–H and O–H groups in total. The summed E-state index contributed by atoms with van der Waals surface area (Å²) in [4.78, 5) is 0. The van der Waals surface area contributed by atoms with Gasteiger partial charge in [0.05, 0.1) is 11.0 Å². The Bertz CT molecular complexity index is 1190. The first-order valence-corrected chi connectivity index (χ1v) is 8.16. The molecule has 5 rings (SSSR count). The molecule has 0 bridgehead atoms. The summed E-state index contributed by atoms with van der Waals surface area (Å²) >= 11 is 1.85. The summed E-state index contributed by atoms with van der Waals surface area (Å²) in [5.74, 6) is 6.35. The van der Waals surface area contributed by atoms with Gasteiger partial charge < -0.3 is 5.84 Å². The van der Waals surface area contributed by atoms with E-state index >= 15 is 0 Å². The van der Waals surface area contributed by atoms with Crippen LogP contribution in [0.3, 0.4) is 0 Å². The Morgan fingerprint density at radius 3 is 2.59 bits per heavy atom. The molecule has 5 aromatic rings. The minimum Gasteiger partial charge on any atom is -0.339 e. The normalized spacial score (nSPS) is 12.0. The number of benzene rings is 3. The summed E-state index contributed by atoms with van der Waals surface area (Å²) in [5.41, 5.74) is 3.43. The lowest BCUT2D eigenvalue weighted by molar-refractivity contribution is 1.12. The fraction of sp³-hybridized carbons (Fsp3) is 0.0526. The molecule has 2 aromatic heterocycles. The van der Waals surface area contributed by atoms with Crippen molar-refractivity contribution >= 4 is 53.3 Å². The number of fused-ring (bicyclic) bond motifs is 7. The highest BCUT2D eigenvalue weighted by Gasteiger charge is 2.15. The second kappa shape index (κ2) is 4.02. The summed E-state index contributed by atoms with van der Waals surface area (Å²) in [5, 5.41) is 5.16. The number of rotatable bonds is 0. The van der Waals surface area contributed by atoms with Crippen LogP contribution in [-0.4, -0.2) is 4.68 Å². The molecule has 3 heteroatoms. The summed E-state index contributed by atoms with van der Waals surface area (Å²) in [6.07, 6.45) is 0. The predicted molar refractivity (Wildman–Crippen MR) is 97.2 cm³/mol. The van der Waals surface area contributed by atoms with Crippen molar-refractivity contribution in [3.05, 3.63) is 60.2 Å². The molecule has 0 aliphatic heterocycles. The van der Waals surface area contributed by atoms with Crippen LogP contribution in [0.2, 0.25) is 0 Å². The third kappa shape index (κ3) is 1.39. The van der Waals surface area contributed by atoms with Crippen LogP contribution in [0.4, 0.5) is 0 Å². The molecule has 0 atom stereocenters. The van der Waals surface area contributed by atoms with Crippen molar-refractivity contribution in [1.82, 2.24) is 4.68 Å². The first-order valence-electron chi connectivity index (χ1n) is 7.34. The molecule has 22 heavy (non-hydrogen) atoms. The average molecular weight is 302 g/mol. The molecular formula is C19H14N2S. The average Bonchev–Trinajstić information content (AvgIpc) is 3.04. The lowest BCUT2D eigenvalue weighted by atomic mass is 10.1. The molecular weight excluding hydrogens is 288 g/mol. The summed E-state index contributed by atoms with van der Waals surface area (Å²) in [6.45, 7) is 2.10. The van der Waals surface area contributed by atoms with Crippen LogP contribution in [0.15, 0.2) is 54.6 Å². The lowest BCUT2D eigenvalue weighted by Gasteiger charge is -1.98. The van der Waals surface area contributed by atoms with Gasteiger partial charge in [-0.2, -0.15) is 0 Å². The number of nitrogens with two attached hydrogens (primary N) is 1. The van der Waals surface area contributed by atoms with Gasteiger partial charge in [0.2, 0.25) is 0 Å². The Kier molecular flexibility index (Phi) is 2.20. The Labute approximate surface area is 131 Å². The van der Waals surface area contributed by atoms with E-state index in [0.29, 0.717) is 0 Å². The van der Waals surface area contributed by atoms with Gasteiger partial charge in [-0.3, -0.25) is 4.68 Å².